The summed E-state index contributed by atoms with van der Waals surface area (Å²) in [5.41, 5.74) is 2.06. The first-order valence-corrected chi connectivity index (χ1v) is 6.43. The van der Waals surface area contributed by atoms with Crippen LogP contribution in [0.2, 0.25) is 0 Å². The minimum atomic E-state index is -0.730. The van der Waals surface area contributed by atoms with Crippen LogP contribution >= 0.6 is 0 Å². The molecule has 2 aromatic carbocycles. The van der Waals surface area contributed by atoms with Crippen molar-refractivity contribution in [1.29, 1.82) is 0 Å². The highest BCUT2D eigenvalue weighted by atomic mass is 16.7. The molecule has 0 radical (unpaired) electrons. The molecule has 0 bridgehead atoms. The van der Waals surface area contributed by atoms with Crippen LogP contribution in [-0.2, 0) is 4.74 Å². The third kappa shape index (κ3) is 4.11. The fraction of sp³-hybridized carbons (Fsp3) is 0.118. The lowest BCUT2D eigenvalue weighted by molar-refractivity contribution is 0.121. The van der Waals surface area contributed by atoms with Crippen LogP contribution < -0.4 is 9.47 Å². The molecule has 0 saturated carbocycles. The van der Waals surface area contributed by atoms with Crippen molar-refractivity contribution < 1.29 is 19.0 Å². The maximum absolute atomic E-state index is 11.0. The second-order valence-electron chi connectivity index (χ2n) is 4.20. The molecule has 0 aromatic heterocycles. The lowest BCUT2D eigenvalue weighted by Crippen LogP contribution is -2.06. The molecule has 2 aromatic rings. The summed E-state index contributed by atoms with van der Waals surface area (Å²) in [6.07, 6.45) is 0.972. The van der Waals surface area contributed by atoms with Crippen LogP contribution in [0.4, 0.5) is 4.79 Å². The van der Waals surface area contributed by atoms with Gasteiger partial charge in [-0.25, -0.2) is 4.79 Å². The second kappa shape index (κ2) is 7.14. The molecule has 0 atom stereocenters. The van der Waals surface area contributed by atoms with Gasteiger partial charge in [-0.2, -0.15) is 0 Å². The van der Waals surface area contributed by atoms with Crippen molar-refractivity contribution in [3.05, 3.63) is 61.2 Å². The summed E-state index contributed by atoms with van der Waals surface area (Å²) in [6.45, 7) is 4.09. The standard InChI is InChI=1S/C17H16O4/c1-3-12-20-15-8-4-13(5-9-15)14-6-10-16(11-7-14)21-17(18)19-2/h3-11H,1,12H2,2H3. The number of ether oxygens (including phenoxy) is 3. The van der Waals surface area contributed by atoms with Crippen LogP contribution in [0, 0.1) is 0 Å². The van der Waals surface area contributed by atoms with Gasteiger partial charge in [0, 0.05) is 0 Å². The Bertz CT molecular complexity index is 600. The molecule has 0 N–H and O–H groups in total. The summed E-state index contributed by atoms with van der Waals surface area (Å²) in [4.78, 5) is 11.0. The molecule has 4 heteroatoms. The molecule has 0 fully saturated rings. The summed E-state index contributed by atoms with van der Waals surface area (Å²) in [5.74, 6) is 1.24. The quantitative estimate of drug-likeness (QED) is 0.472. The normalized spacial score (nSPS) is 9.76. The zero-order valence-corrected chi connectivity index (χ0v) is 11.7. The topological polar surface area (TPSA) is 44.8 Å². The van der Waals surface area contributed by atoms with Crippen molar-refractivity contribution in [2.24, 2.45) is 0 Å². The van der Waals surface area contributed by atoms with Crippen LogP contribution in [0.5, 0.6) is 11.5 Å². The van der Waals surface area contributed by atoms with Crippen molar-refractivity contribution in [3.63, 3.8) is 0 Å². The molecular formula is C17H16O4. The predicted molar refractivity (Wildman–Crippen MR) is 80.6 cm³/mol. The van der Waals surface area contributed by atoms with Gasteiger partial charge in [0.05, 0.1) is 7.11 Å². The van der Waals surface area contributed by atoms with E-state index in [1.54, 1.807) is 18.2 Å². The third-order valence-corrected chi connectivity index (χ3v) is 2.78. The molecule has 0 aliphatic rings. The average Bonchev–Trinajstić information content (AvgIpc) is 2.54. The Morgan fingerprint density at radius 3 is 2.00 bits per heavy atom. The van der Waals surface area contributed by atoms with E-state index < -0.39 is 6.16 Å². The first-order chi connectivity index (χ1) is 10.2. The Balaban J connectivity index is 2.07. The monoisotopic (exact) mass is 284 g/mol. The van der Waals surface area contributed by atoms with Crippen LogP contribution in [0.25, 0.3) is 11.1 Å². The van der Waals surface area contributed by atoms with E-state index in [-0.39, 0.29) is 0 Å². The van der Waals surface area contributed by atoms with Gasteiger partial charge in [-0.3, -0.25) is 0 Å². The Labute approximate surface area is 123 Å². The number of carbonyl (C=O) groups excluding carboxylic acids is 1. The van der Waals surface area contributed by atoms with Crippen molar-refractivity contribution in [3.8, 4) is 22.6 Å². The van der Waals surface area contributed by atoms with Crippen LogP contribution in [0.3, 0.4) is 0 Å². The summed E-state index contributed by atoms with van der Waals surface area (Å²) < 4.78 is 14.8. The van der Waals surface area contributed by atoms with Crippen molar-refractivity contribution >= 4 is 6.16 Å². The highest BCUT2D eigenvalue weighted by molar-refractivity contribution is 5.67. The van der Waals surface area contributed by atoms with E-state index in [0.717, 1.165) is 16.9 Å². The van der Waals surface area contributed by atoms with Gasteiger partial charge >= 0.3 is 6.16 Å². The Morgan fingerprint density at radius 2 is 1.52 bits per heavy atom. The fourth-order valence-corrected chi connectivity index (χ4v) is 1.75. The number of methoxy groups -OCH3 is 1. The molecule has 0 spiro atoms. The molecule has 2 rings (SSSR count). The van der Waals surface area contributed by atoms with E-state index in [9.17, 15) is 4.79 Å². The lowest BCUT2D eigenvalue weighted by atomic mass is 10.1. The first kappa shape index (κ1) is 14.7. The lowest BCUT2D eigenvalue weighted by Gasteiger charge is -2.07. The van der Waals surface area contributed by atoms with E-state index in [1.807, 2.05) is 36.4 Å². The van der Waals surface area contributed by atoms with Gasteiger partial charge in [-0.15, -0.1) is 0 Å². The summed E-state index contributed by atoms with van der Waals surface area (Å²) in [5, 5.41) is 0. The maximum Gasteiger partial charge on any atom is 0.513 e. The van der Waals surface area contributed by atoms with E-state index in [2.05, 4.69) is 11.3 Å². The van der Waals surface area contributed by atoms with Crippen molar-refractivity contribution in [2.75, 3.05) is 13.7 Å². The highest BCUT2D eigenvalue weighted by Gasteiger charge is 2.04. The zero-order valence-electron chi connectivity index (χ0n) is 11.7. The van der Waals surface area contributed by atoms with Crippen molar-refractivity contribution in [1.82, 2.24) is 0 Å². The van der Waals surface area contributed by atoms with Crippen LogP contribution in [0.1, 0.15) is 0 Å². The van der Waals surface area contributed by atoms with Crippen LogP contribution in [-0.4, -0.2) is 19.9 Å². The van der Waals surface area contributed by atoms with Gasteiger partial charge < -0.3 is 14.2 Å². The summed E-state index contributed by atoms with van der Waals surface area (Å²) in [7, 11) is 1.27. The molecule has 0 unspecified atom stereocenters. The minimum absolute atomic E-state index is 0.441. The SMILES string of the molecule is C=CCOc1ccc(-c2ccc(OC(=O)OC)cc2)cc1. The Morgan fingerprint density at radius 1 is 1.00 bits per heavy atom. The van der Waals surface area contributed by atoms with E-state index >= 15 is 0 Å². The van der Waals surface area contributed by atoms with Gasteiger partial charge in [0.25, 0.3) is 0 Å². The number of rotatable bonds is 5. The Hall–Kier alpha value is -2.75. The summed E-state index contributed by atoms with van der Waals surface area (Å²) in [6, 6.07) is 14.9. The molecule has 4 nitrogen and oxygen atoms in total. The summed E-state index contributed by atoms with van der Waals surface area (Å²) >= 11 is 0. The molecule has 0 aliphatic carbocycles. The molecule has 108 valence electrons. The van der Waals surface area contributed by atoms with Gasteiger partial charge in [-0.05, 0) is 35.4 Å². The van der Waals surface area contributed by atoms with Gasteiger partial charge in [0.1, 0.15) is 18.1 Å². The second-order valence-corrected chi connectivity index (χ2v) is 4.20. The van der Waals surface area contributed by atoms with Gasteiger partial charge in [-0.1, -0.05) is 36.9 Å². The highest BCUT2D eigenvalue weighted by Crippen LogP contribution is 2.24. The molecule has 0 heterocycles. The molecular weight excluding hydrogens is 268 g/mol. The fourth-order valence-electron chi connectivity index (χ4n) is 1.75. The van der Waals surface area contributed by atoms with Crippen LogP contribution in [0.15, 0.2) is 61.2 Å². The third-order valence-electron chi connectivity index (χ3n) is 2.78. The van der Waals surface area contributed by atoms with Gasteiger partial charge in [0.2, 0.25) is 0 Å². The zero-order chi connectivity index (χ0) is 15.1. The predicted octanol–water partition coefficient (Wildman–Crippen LogP) is 4.06. The number of hydrogen-bond acceptors (Lipinski definition) is 4. The molecule has 0 amide bonds. The minimum Gasteiger partial charge on any atom is -0.490 e. The largest absolute Gasteiger partial charge is 0.513 e. The van der Waals surface area contributed by atoms with E-state index in [0.29, 0.717) is 12.4 Å². The molecule has 0 saturated heterocycles. The molecule has 21 heavy (non-hydrogen) atoms. The van der Waals surface area contributed by atoms with Crippen molar-refractivity contribution in [2.45, 2.75) is 0 Å². The average molecular weight is 284 g/mol. The number of carbonyl (C=O) groups is 1. The maximum atomic E-state index is 11.0. The first-order valence-electron chi connectivity index (χ1n) is 6.43. The molecule has 0 aliphatic heterocycles. The smallest absolute Gasteiger partial charge is 0.490 e. The Kier molecular flexibility index (Phi) is 4.99. The number of hydrogen-bond donors (Lipinski definition) is 0. The van der Waals surface area contributed by atoms with Gasteiger partial charge in [0.15, 0.2) is 0 Å². The van der Waals surface area contributed by atoms with E-state index in [1.165, 1.54) is 7.11 Å². The number of benzene rings is 2. The van der Waals surface area contributed by atoms with E-state index in [4.69, 9.17) is 9.47 Å².